The van der Waals surface area contributed by atoms with Crippen LogP contribution in [0.25, 0.3) is 0 Å². The number of methoxy groups -OCH3 is 1. The van der Waals surface area contributed by atoms with Gasteiger partial charge in [-0.3, -0.25) is 4.90 Å². The normalized spacial score (nSPS) is 19.2. The molecule has 1 fully saturated rings. The number of alkyl halides is 3. The molecule has 6 heteroatoms. The van der Waals surface area contributed by atoms with Gasteiger partial charge < -0.3 is 10.1 Å². The van der Waals surface area contributed by atoms with Crippen LogP contribution in [0.15, 0.2) is 24.3 Å². The number of ether oxygens (including phenoxy) is 1. The molecule has 1 saturated heterocycles. The second-order valence-corrected chi connectivity index (χ2v) is 4.51. The van der Waals surface area contributed by atoms with Gasteiger partial charge >= 0.3 is 6.18 Å². The highest BCUT2D eigenvalue weighted by molar-refractivity contribution is 5.31. The highest BCUT2D eigenvalue weighted by atomic mass is 19.4. The van der Waals surface area contributed by atoms with Gasteiger partial charge in [0.05, 0.1) is 7.11 Å². The first-order chi connectivity index (χ1) is 9.02. The molecule has 0 aromatic heterocycles. The number of benzene rings is 1. The van der Waals surface area contributed by atoms with Crippen molar-refractivity contribution in [3.63, 3.8) is 0 Å². The maximum atomic E-state index is 13.3. The maximum Gasteiger partial charge on any atom is 0.408 e. The Morgan fingerprint density at radius 3 is 2.53 bits per heavy atom. The Morgan fingerprint density at radius 1 is 1.26 bits per heavy atom. The minimum atomic E-state index is -4.29. The molecule has 1 aliphatic rings. The molecule has 106 valence electrons. The number of nitrogens with zero attached hydrogens (tertiary/aromatic N) is 1. The van der Waals surface area contributed by atoms with Crippen molar-refractivity contribution in [2.24, 2.45) is 0 Å². The lowest BCUT2D eigenvalue weighted by molar-refractivity contribution is -0.187. The lowest BCUT2D eigenvalue weighted by Crippen LogP contribution is -2.49. The quantitative estimate of drug-likeness (QED) is 0.914. The summed E-state index contributed by atoms with van der Waals surface area (Å²) in [5.74, 6) is 0.446. The van der Waals surface area contributed by atoms with Gasteiger partial charge in [-0.25, -0.2) is 0 Å². The van der Waals surface area contributed by atoms with Gasteiger partial charge in [-0.15, -0.1) is 0 Å². The van der Waals surface area contributed by atoms with Crippen molar-refractivity contribution >= 4 is 0 Å². The van der Waals surface area contributed by atoms with Crippen LogP contribution in [0.5, 0.6) is 5.75 Å². The molecule has 2 rings (SSSR count). The van der Waals surface area contributed by atoms with E-state index >= 15 is 0 Å². The van der Waals surface area contributed by atoms with E-state index in [-0.39, 0.29) is 5.56 Å². The fourth-order valence-corrected chi connectivity index (χ4v) is 2.36. The van der Waals surface area contributed by atoms with Crippen molar-refractivity contribution in [1.82, 2.24) is 10.2 Å². The summed E-state index contributed by atoms with van der Waals surface area (Å²) < 4.78 is 45.0. The van der Waals surface area contributed by atoms with E-state index < -0.39 is 12.2 Å². The number of hydrogen-bond acceptors (Lipinski definition) is 3. The molecule has 19 heavy (non-hydrogen) atoms. The number of hydrogen-bond donors (Lipinski definition) is 1. The molecular weight excluding hydrogens is 257 g/mol. The van der Waals surface area contributed by atoms with Crippen LogP contribution in [-0.4, -0.2) is 44.4 Å². The van der Waals surface area contributed by atoms with Crippen LogP contribution in [0.1, 0.15) is 11.6 Å². The molecule has 0 aliphatic carbocycles. The maximum absolute atomic E-state index is 13.3. The molecule has 1 heterocycles. The smallest absolute Gasteiger partial charge is 0.408 e. The highest BCUT2D eigenvalue weighted by Crippen LogP contribution is 2.38. The SMILES string of the molecule is COc1cccc([C@@H](N2CCNCC2)C(F)(F)F)c1. The van der Waals surface area contributed by atoms with E-state index in [1.165, 1.54) is 24.1 Å². The number of halogens is 3. The molecule has 0 unspecified atom stereocenters. The van der Waals surface area contributed by atoms with Crippen molar-refractivity contribution in [1.29, 1.82) is 0 Å². The average molecular weight is 274 g/mol. The van der Waals surface area contributed by atoms with Crippen LogP contribution in [-0.2, 0) is 0 Å². The third kappa shape index (κ3) is 3.39. The van der Waals surface area contributed by atoms with Crippen molar-refractivity contribution in [2.45, 2.75) is 12.2 Å². The predicted molar refractivity (Wildman–Crippen MR) is 66.2 cm³/mol. The molecule has 3 nitrogen and oxygen atoms in total. The Balaban J connectivity index is 2.30. The van der Waals surface area contributed by atoms with Gasteiger partial charge in [0.2, 0.25) is 0 Å². The van der Waals surface area contributed by atoms with E-state index in [0.29, 0.717) is 31.9 Å². The second-order valence-electron chi connectivity index (χ2n) is 4.51. The van der Waals surface area contributed by atoms with Gasteiger partial charge in [0, 0.05) is 26.2 Å². The van der Waals surface area contributed by atoms with Gasteiger partial charge in [-0.05, 0) is 17.7 Å². The summed E-state index contributed by atoms with van der Waals surface area (Å²) in [7, 11) is 1.45. The Labute approximate surface area is 110 Å². The topological polar surface area (TPSA) is 24.5 Å². The lowest BCUT2D eigenvalue weighted by atomic mass is 10.0. The average Bonchev–Trinajstić information content (AvgIpc) is 2.39. The Bertz CT molecular complexity index is 417. The van der Waals surface area contributed by atoms with Crippen LogP contribution in [0.4, 0.5) is 13.2 Å². The Morgan fingerprint density at radius 2 is 1.95 bits per heavy atom. The van der Waals surface area contributed by atoms with Crippen molar-refractivity contribution in [3.8, 4) is 5.75 Å². The van der Waals surface area contributed by atoms with E-state index in [9.17, 15) is 13.2 Å². The summed E-state index contributed by atoms with van der Waals surface area (Å²) in [6.07, 6.45) is -4.29. The molecule has 1 atom stereocenters. The standard InChI is InChI=1S/C13H17F3N2O/c1-19-11-4-2-3-10(9-11)12(13(14,15)16)18-7-5-17-6-8-18/h2-4,9,12,17H,5-8H2,1H3/t12-/m1/s1. The first kappa shape index (κ1) is 14.1. The van der Waals surface area contributed by atoms with Crippen LogP contribution in [0.2, 0.25) is 0 Å². The number of rotatable bonds is 3. The highest BCUT2D eigenvalue weighted by Gasteiger charge is 2.44. The van der Waals surface area contributed by atoms with Crippen molar-refractivity contribution < 1.29 is 17.9 Å². The fraction of sp³-hybridized carbons (Fsp3) is 0.538. The zero-order chi connectivity index (χ0) is 13.9. The van der Waals surface area contributed by atoms with Crippen LogP contribution < -0.4 is 10.1 Å². The van der Waals surface area contributed by atoms with E-state index in [0.717, 1.165) is 0 Å². The predicted octanol–water partition coefficient (Wildman–Crippen LogP) is 2.20. The summed E-state index contributed by atoms with van der Waals surface area (Å²) in [4.78, 5) is 1.46. The zero-order valence-corrected chi connectivity index (χ0v) is 10.7. The summed E-state index contributed by atoms with van der Waals surface area (Å²) >= 11 is 0. The molecule has 0 spiro atoms. The van der Waals surface area contributed by atoms with Crippen LogP contribution in [0.3, 0.4) is 0 Å². The van der Waals surface area contributed by atoms with Gasteiger partial charge in [0.25, 0.3) is 0 Å². The van der Waals surface area contributed by atoms with Crippen molar-refractivity contribution in [3.05, 3.63) is 29.8 Å². The number of nitrogens with one attached hydrogen (secondary N) is 1. The van der Waals surface area contributed by atoms with Crippen molar-refractivity contribution in [2.75, 3.05) is 33.3 Å². The monoisotopic (exact) mass is 274 g/mol. The Kier molecular flexibility index (Phi) is 4.31. The minimum Gasteiger partial charge on any atom is -0.497 e. The Hall–Kier alpha value is -1.27. The molecule has 1 aromatic carbocycles. The summed E-state index contributed by atoms with van der Waals surface area (Å²) in [6, 6.07) is 4.64. The van der Waals surface area contributed by atoms with E-state index in [4.69, 9.17) is 4.74 Å². The third-order valence-corrected chi connectivity index (χ3v) is 3.24. The number of piperazine rings is 1. The molecule has 0 amide bonds. The summed E-state index contributed by atoms with van der Waals surface area (Å²) in [6.45, 7) is 1.94. The molecule has 1 aromatic rings. The van der Waals surface area contributed by atoms with Gasteiger partial charge in [0.15, 0.2) is 0 Å². The summed E-state index contributed by atoms with van der Waals surface area (Å²) in [5.41, 5.74) is 0.230. The van der Waals surface area contributed by atoms with E-state index in [1.54, 1.807) is 12.1 Å². The zero-order valence-electron chi connectivity index (χ0n) is 10.7. The summed E-state index contributed by atoms with van der Waals surface area (Å²) in [5, 5.41) is 3.06. The van der Waals surface area contributed by atoms with E-state index in [2.05, 4.69) is 5.32 Å². The fourth-order valence-electron chi connectivity index (χ4n) is 2.36. The molecule has 1 aliphatic heterocycles. The third-order valence-electron chi connectivity index (χ3n) is 3.24. The first-order valence-electron chi connectivity index (χ1n) is 6.18. The van der Waals surface area contributed by atoms with Gasteiger partial charge in [-0.2, -0.15) is 13.2 Å². The van der Waals surface area contributed by atoms with E-state index in [1.807, 2.05) is 0 Å². The molecule has 0 saturated carbocycles. The minimum absolute atomic E-state index is 0.230. The molecule has 0 bridgehead atoms. The van der Waals surface area contributed by atoms with Gasteiger partial charge in [-0.1, -0.05) is 12.1 Å². The molecule has 0 radical (unpaired) electrons. The molecular formula is C13H17F3N2O. The van der Waals surface area contributed by atoms with Crippen LogP contribution in [0, 0.1) is 0 Å². The molecule has 1 N–H and O–H groups in total. The second kappa shape index (κ2) is 5.79. The van der Waals surface area contributed by atoms with Gasteiger partial charge in [0.1, 0.15) is 11.8 Å². The van der Waals surface area contributed by atoms with Crippen LogP contribution >= 0.6 is 0 Å². The largest absolute Gasteiger partial charge is 0.497 e. The lowest BCUT2D eigenvalue weighted by Gasteiger charge is -2.36. The first-order valence-corrected chi connectivity index (χ1v) is 6.18.